The molecule has 0 saturated carbocycles. The maximum Gasteiger partial charge on any atom is 0.191 e. The van der Waals surface area contributed by atoms with E-state index in [0.717, 1.165) is 37.4 Å². The third kappa shape index (κ3) is 8.37. The van der Waals surface area contributed by atoms with Crippen molar-refractivity contribution in [3.8, 4) is 0 Å². The number of hydrogen-bond donors (Lipinski definition) is 3. The van der Waals surface area contributed by atoms with E-state index in [1.807, 2.05) is 0 Å². The van der Waals surface area contributed by atoms with E-state index in [4.69, 9.17) is 0 Å². The largest absolute Gasteiger partial charge is 0.357 e. The van der Waals surface area contributed by atoms with Gasteiger partial charge < -0.3 is 16.0 Å². The quantitative estimate of drug-likeness (QED) is 0.396. The van der Waals surface area contributed by atoms with Crippen molar-refractivity contribution in [3.05, 3.63) is 0 Å². The molecule has 0 aromatic rings. The van der Waals surface area contributed by atoms with Gasteiger partial charge in [0.15, 0.2) is 5.96 Å². The van der Waals surface area contributed by atoms with Crippen LogP contribution in [0.2, 0.25) is 0 Å². The number of aliphatic imine (C=N–C) groups is 1. The van der Waals surface area contributed by atoms with Crippen LogP contribution in [0.15, 0.2) is 4.99 Å². The Balaban J connectivity index is 2.24. The zero-order valence-corrected chi connectivity index (χ0v) is 13.7. The standard InChI is InChI=1S/C14H30N4S/c1-5-15-13(16-8-9-18-14(2,3)4)17-11-12-7-6-10-19-12/h12,18H,5-11H2,1-4H3,(H2,15,16,17). The van der Waals surface area contributed by atoms with Gasteiger partial charge in [-0.05, 0) is 46.3 Å². The van der Waals surface area contributed by atoms with Gasteiger partial charge in [-0.15, -0.1) is 0 Å². The lowest BCUT2D eigenvalue weighted by Crippen LogP contribution is -2.44. The first-order valence-corrected chi connectivity index (χ1v) is 8.45. The van der Waals surface area contributed by atoms with Gasteiger partial charge in [-0.25, -0.2) is 0 Å². The van der Waals surface area contributed by atoms with Crippen LogP contribution in [0, 0.1) is 0 Å². The average Bonchev–Trinajstić information content (AvgIpc) is 2.83. The number of thioether (sulfide) groups is 1. The summed E-state index contributed by atoms with van der Waals surface area (Å²) in [6, 6.07) is 0. The monoisotopic (exact) mass is 286 g/mol. The van der Waals surface area contributed by atoms with Gasteiger partial charge in [0.05, 0.1) is 6.54 Å². The van der Waals surface area contributed by atoms with Gasteiger partial charge in [-0.2, -0.15) is 11.8 Å². The normalized spacial score (nSPS) is 20.6. The predicted octanol–water partition coefficient (Wildman–Crippen LogP) is 1.83. The first kappa shape index (κ1) is 16.6. The van der Waals surface area contributed by atoms with Gasteiger partial charge in [0.1, 0.15) is 0 Å². The number of guanidine groups is 1. The van der Waals surface area contributed by atoms with Crippen LogP contribution in [0.25, 0.3) is 0 Å². The summed E-state index contributed by atoms with van der Waals surface area (Å²) in [5.41, 5.74) is 0.178. The molecule has 1 aliphatic rings. The van der Waals surface area contributed by atoms with Crippen molar-refractivity contribution < 1.29 is 0 Å². The minimum atomic E-state index is 0.178. The van der Waals surface area contributed by atoms with E-state index in [-0.39, 0.29) is 5.54 Å². The van der Waals surface area contributed by atoms with E-state index < -0.39 is 0 Å². The Bertz CT molecular complexity index is 267. The van der Waals surface area contributed by atoms with Crippen LogP contribution in [0.3, 0.4) is 0 Å². The molecule has 1 fully saturated rings. The molecular formula is C14H30N4S. The maximum absolute atomic E-state index is 4.68. The van der Waals surface area contributed by atoms with Crippen LogP contribution < -0.4 is 16.0 Å². The number of nitrogens with one attached hydrogen (secondary N) is 3. The molecule has 1 saturated heterocycles. The number of hydrogen-bond acceptors (Lipinski definition) is 3. The van der Waals surface area contributed by atoms with Crippen molar-refractivity contribution in [2.45, 2.75) is 51.3 Å². The Labute approximate surface area is 122 Å². The van der Waals surface area contributed by atoms with E-state index >= 15 is 0 Å². The molecule has 0 aromatic heterocycles. The van der Waals surface area contributed by atoms with Crippen LogP contribution in [0.1, 0.15) is 40.5 Å². The lowest BCUT2D eigenvalue weighted by atomic mass is 10.1. The van der Waals surface area contributed by atoms with Crippen molar-refractivity contribution >= 4 is 17.7 Å². The summed E-state index contributed by atoms with van der Waals surface area (Å²) >= 11 is 2.06. The summed E-state index contributed by atoms with van der Waals surface area (Å²) < 4.78 is 0. The predicted molar refractivity (Wildman–Crippen MR) is 87.2 cm³/mol. The Morgan fingerprint density at radius 1 is 1.26 bits per heavy atom. The van der Waals surface area contributed by atoms with Crippen LogP contribution in [0.5, 0.6) is 0 Å². The van der Waals surface area contributed by atoms with Crippen molar-refractivity contribution in [2.75, 3.05) is 31.9 Å². The topological polar surface area (TPSA) is 48.5 Å². The fraction of sp³-hybridized carbons (Fsp3) is 0.929. The average molecular weight is 286 g/mol. The van der Waals surface area contributed by atoms with Crippen LogP contribution in [-0.4, -0.2) is 48.7 Å². The molecule has 0 amide bonds. The molecule has 0 aliphatic carbocycles. The van der Waals surface area contributed by atoms with Gasteiger partial charge >= 0.3 is 0 Å². The first-order valence-electron chi connectivity index (χ1n) is 7.40. The fourth-order valence-corrected chi connectivity index (χ4v) is 3.12. The molecule has 0 bridgehead atoms. The summed E-state index contributed by atoms with van der Waals surface area (Å²) in [6.07, 6.45) is 2.67. The van der Waals surface area contributed by atoms with Crippen molar-refractivity contribution in [1.82, 2.24) is 16.0 Å². The molecular weight excluding hydrogens is 256 g/mol. The summed E-state index contributed by atoms with van der Waals surface area (Å²) in [7, 11) is 0. The first-order chi connectivity index (χ1) is 9.01. The molecule has 5 heteroatoms. The molecule has 112 valence electrons. The number of rotatable bonds is 6. The van der Waals surface area contributed by atoms with Gasteiger partial charge in [0, 0.05) is 30.4 Å². The van der Waals surface area contributed by atoms with E-state index in [9.17, 15) is 0 Å². The highest BCUT2D eigenvalue weighted by Crippen LogP contribution is 2.25. The van der Waals surface area contributed by atoms with Gasteiger partial charge in [-0.1, -0.05) is 0 Å². The van der Waals surface area contributed by atoms with E-state index in [1.54, 1.807) is 0 Å². The fourth-order valence-electron chi connectivity index (χ4n) is 1.94. The molecule has 1 aliphatic heterocycles. The zero-order valence-electron chi connectivity index (χ0n) is 12.9. The second-order valence-corrected chi connectivity index (χ2v) is 7.37. The Hall–Kier alpha value is -0.420. The van der Waals surface area contributed by atoms with Crippen molar-refractivity contribution in [1.29, 1.82) is 0 Å². The highest BCUT2D eigenvalue weighted by molar-refractivity contribution is 8.00. The summed E-state index contributed by atoms with van der Waals surface area (Å²) in [5.74, 6) is 2.25. The highest BCUT2D eigenvalue weighted by Gasteiger charge is 2.15. The molecule has 3 N–H and O–H groups in total. The Kier molecular flexibility index (Phi) is 7.61. The zero-order chi connectivity index (χ0) is 14.1. The molecule has 1 unspecified atom stereocenters. The summed E-state index contributed by atoms with van der Waals surface area (Å²) in [5, 5.41) is 10.9. The number of nitrogens with zero attached hydrogens (tertiary/aromatic N) is 1. The maximum atomic E-state index is 4.68. The van der Waals surface area contributed by atoms with Crippen molar-refractivity contribution in [3.63, 3.8) is 0 Å². The Morgan fingerprint density at radius 2 is 2.05 bits per heavy atom. The van der Waals surface area contributed by atoms with Crippen LogP contribution >= 0.6 is 11.8 Å². The van der Waals surface area contributed by atoms with E-state index in [1.165, 1.54) is 18.6 Å². The second-order valence-electron chi connectivity index (χ2n) is 5.96. The Morgan fingerprint density at radius 3 is 2.63 bits per heavy atom. The van der Waals surface area contributed by atoms with Crippen molar-refractivity contribution in [2.24, 2.45) is 4.99 Å². The SMILES string of the molecule is CCNC(=NCC1CCCS1)NCCNC(C)(C)C. The summed E-state index contributed by atoms with van der Waals surface area (Å²) in [6.45, 7) is 12.4. The smallest absolute Gasteiger partial charge is 0.191 e. The lowest BCUT2D eigenvalue weighted by Gasteiger charge is -2.21. The molecule has 1 heterocycles. The molecule has 0 spiro atoms. The van der Waals surface area contributed by atoms with Gasteiger partial charge in [0.2, 0.25) is 0 Å². The summed E-state index contributed by atoms with van der Waals surface area (Å²) in [4.78, 5) is 4.68. The minimum Gasteiger partial charge on any atom is -0.357 e. The van der Waals surface area contributed by atoms with Crippen LogP contribution in [-0.2, 0) is 0 Å². The minimum absolute atomic E-state index is 0.178. The molecule has 19 heavy (non-hydrogen) atoms. The third-order valence-electron chi connectivity index (χ3n) is 2.89. The molecule has 4 nitrogen and oxygen atoms in total. The van der Waals surface area contributed by atoms with Gasteiger partial charge in [0.25, 0.3) is 0 Å². The molecule has 0 radical (unpaired) electrons. The van der Waals surface area contributed by atoms with Gasteiger partial charge in [-0.3, -0.25) is 4.99 Å². The lowest BCUT2D eigenvalue weighted by molar-refractivity contribution is 0.428. The van der Waals surface area contributed by atoms with E-state index in [0.29, 0.717) is 0 Å². The molecule has 1 rings (SSSR count). The second kappa shape index (κ2) is 8.69. The van der Waals surface area contributed by atoms with Crippen LogP contribution in [0.4, 0.5) is 0 Å². The highest BCUT2D eigenvalue weighted by atomic mass is 32.2. The third-order valence-corrected chi connectivity index (χ3v) is 4.27. The van der Waals surface area contributed by atoms with E-state index in [2.05, 4.69) is 60.4 Å². The molecule has 0 aromatic carbocycles. The molecule has 1 atom stereocenters.